The molecule has 0 aliphatic rings. The van der Waals surface area contributed by atoms with Crippen molar-refractivity contribution in [3.8, 4) is 0 Å². The highest BCUT2D eigenvalue weighted by atomic mass is 32.2. The second-order valence-electron chi connectivity index (χ2n) is 4.77. The van der Waals surface area contributed by atoms with Gasteiger partial charge < -0.3 is 4.74 Å². The Balaban J connectivity index is 2.44. The van der Waals surface area contributed by atoms with Crippen LogP contribution in [0.4, 0.5) is 15.8 Å². The molecule has 2 aromatic rings. The van der Waals surface area contributed by atoms with Gasteiger partial charge in [-0.25, -0.2) is 21.9 Å². The van der Waals surface area contributed by atoms with E-state index in [0.717, 1.165) is 15.9 Å². The first-order valence-corrected chi connectivity index (χ1v) is 8.05. The summed E-state index contributed by atoms with van der Waals surface area (Å²) in [5.41, 5.74) is 1.14. The molecule has 0 aromatic heterocycles. The van der Waals surface area contributed by atoms with Crippen LogP contribution in [-0.2, 0) is 15.6 Å². The van der Waals surface area contributed by atoms with Crippen molar-refractivity contribution in [1.82, 2.24) is 0 Å². The average Bonchev–Trinajstić information content (AvgIpc) is 2.51. The van der Waals surface area contributed by atoms with Gasteiger partial charge in [0.25, 0.3) is 0 Å². The van der Waals surface area contributed by atoms with Crippen LogP contribution in [0.15, 0.2) is 42.5 Å². The molecular weight excluding hydrogens is 321 g/mol. The third kappa shape index (κ3) is 3.87. The quantitative estimate of drug-likeness (QED) is 0.673. The molecule has 122 valence electrons. The molecule has 0 spiro atoms. The van der Waals surface area contributed by atoms with Crippen molar-refractivity contribution >= 4 is 28.2 Å². The van der Waals surface area contributed by atoms with E-state index in [-0.39, 0.29) is 17.9 Å². The van der Waals surface area contributed by atoms with Crippen LogP contribution in [0, 0.1) is 12.7 Å². The molecule has 0 heterocycles. The number of esters is 1. The number of hydrogen-bond donors (Lipinski definition) is 1. The zero-order chi connectivity index (χ0) is 17.0. The van der Waals surface area contributed by atoms with Gasteiger partial charge in [-0.1, -0.05) is 17.7 Å². The minimum Gasteiger partial charge on any atom is -0.462 e. The lowest BCUT2D eigenvalue weighted by Gasteiger charge is -2.19. The number of thiol groups is 1. The topological polar surface area (TPSA) is 63.7 Å². The molecule has 0 bridgehead atoms. The first kappa shape index (κ1) is 17.0. The van der Waals surface area contributed by atoms with E-state index in [4.69, 9.17) is 4.74 Å². The molecule has 0 fully saturated rings. The third-order valence-electron chi connectivity index (χ3n) is 3.13. The van der Waals surface area contributed by atoms with Gasteiger partial charge in [0, 0.05) is 0 Å². The zero-order valence-corrected chi connectivity index (χ0v) is 13.5. The van der Waals surface area contributed by atoms with Gasteiger partial charge >= 0.3 is 5.97 Å². The molecule has 0 atom stereocenters. The standard InChI is InChI=1S/C16H16FNO4S/c1-3-22-16(19)12-6-9-15(14(17)10-12)18(23(20)21)13-7-4-11(2)5-8-13/h4-10,23H,3H2,1-2H3. The third-order valence-corrected chi connectivity index (χ3v) is 3.90. The largest absolute Gasteiger partial charge is 0.462 e. The van der Waals surface area contributed by atoms with E-state index in [1.54, 1.807) is 31.2 Å². The Bertz CT molecular complexity index is 779. The summed E-state index contributed by atoms with van der Waals surface area (Å²) in [6.07, 6.45) is 0. The maximum absolute atomic E-state index is 14.3. The van der Waals surface area contributed by atoms with E-state index in [1.807, 2.05) is 6.92 Å². The number of ether oxygens (including phenoxy) is 1. The van der Waals surface area contributed by atoms with Gasteiger partial charge in [0.1, 0.15) is 5.82 Å². The van der Waals surface area contributed by atoms with Crippen LogP contribution < -0.4 is 4.31 Å². The first-order valence-electron chi connectivity index (χ1n) is 6.91. The van der Waals surface area contributed by atoms with Crippen LogP contribution in [0.3, 0.4) is 0 Å². The zero-order valence-electron chi connectivity index (χ0n) is 12.7. The van der Waals surface area contributed by atoms with Crippen LogP contribution in [0.5, 0.6) is 0 Å². The highest BCUT2D eigenvalue weighted by Crippen LogP contribution is 2.29. The molecule has 0 aliphatic heterocycles. The summed E-state index contributed by atoms with van der Waals surface area (Å²) >= 11 is 0. The van der Waals surface area contributed by atoms with E-state index in [2.05, 4.69) is 0 Å². The fraction of sp³-hybridized carbons (Fsp3) is 0.188. The number of benzene rings is 2. The fourth-order valence-electron chi connectivity index (χ4n) is 2.03. The van der Waals surface area contributed by atoms with E-state index in [9.17, 15) is 17.6 Å². The second-order valence-corrected chi connectivity index (χ2v) is 5.65. The van der Waals surface area contributed by atoms with Crippen LogP contribution >= 0.6 is 0 Å². The number of carbonyl (C=O) groups excluding carboxylic acids is 1. The van der Waals surface area contributed by atoms with Gasteiger partial charge in [0.05, 0.1) is 23.5 Å². The van der Waals surface area contributed by atoms with E-state index >= 15 is 0 Å². The molecule has 0 amide bonds. The molecule has 0 N–H and O–H groups in total. The minimum absolute atomic E-state index is 0.0260. The van der Waals surface area contributed by atoms with Gasteiger partial charge in [-0.2, -0.15) is 0 Å². The number of carbonyl (C=O) groups is 1. The van der Waals surface area contributed by atoms with Gasteiger partial charge in [0.2, 0.25) is 10.9 Å². The summed E-state index contributed by atoms with van der Waals surface area (Å²) in [6, 6.07) is 10.2. The smallest absolute Gasteiger partial charge is 0.338 e. The van der Waals surface area contributed by atoms with E-state index < -0.39 is 22.7 Å². The van der Waals surface area contributed by atoms with E-state index in [0.29, 0.717) is 5.69 Å². The van der Waals surface area contributed by atoms with Crippen LogP contribution in [-0.4, -0.2) is 21.0 Å². The van der Waals surface area contributed by atoms with Crippen molar-refractivity contribution in [2.24, 2.45) is 0 Å². The Kier molecular flexibility index (Phi) is 5.33. The van der Waals surface area contributed by atoms with Crippen molar-refractivity contribution in [1.29, 1.82) is 0 Å². The SMILES string of the molecule is CCOC(=O)c1ccc(N(c2ccc(C)cc2)[SH](=O)=O)c(F)c1. The molecule has 0 radical (unpaired) electrons. The number of anilines is 2. The van der Waals surface area contributed by atoms with Crippen LogP contribution in [0.25, 0.3) is 0 Å². The number of halogens is 1. The number of rotatable bonds is 5. The number of nitrogens with zero attached hydrogens (tertiary/aromatic N) is 1. The Hall–Kier alpha value is -2.41. The second kappa shape index (κ2) is 7.23. The fourth-order valence-corrected chi connectivity index (χ4v) is 2.69. The highest BCUT2D eigenvalue weighted by Gasteiger charge is 2.18. The number of hydrogen-bond acceptors (Lipinski definition) is 4. The van der Waals surface area contributed by atoms with E-state index in [1.165, 1.54) is 12.1 Å². The molecular formula is C16H16FNO4S. The molecule has 5 nitrogen and oxygen atoms in total. The summed E-state index contributed by atoms with van der Waals surface area (Å²) in [5, 5.41) is 0. The number of aryl methyl sites for hydroxylation is 1. The summed E-state index contributed by atoms with van der Waals surface area (Å²) in [4.78, 5) is 11.6. The van der Waals surface area contributed by atoms with Gasteiger partial charge in [-0.3, -0.25) is 0 Å². The molecule has 2 aromatic carbocycles. The van der Waals surface area contributed by atoms with Crippen molar-refractivity contribution in [3.05, 3.63) is 59.4 Å². The molecule has 23 heavy (non-hydrogen) atoms. The summed E-state index contributed by atoms with van der Waals surface area (Å²) in [7, 11) is -3.10. The maximum Gasteiger partial charge on any atom is 0.338 e. The molecule has 2 rings (SSSR count). The van der Waals surface area contributed by atoms with Crippen LogP contribution in [0.2, 0.25) is 0 Å². The van der Waals surface area contributed by atoms with Gasteiger partial charge in [-0.15, -0.1) is 0 Å². The van der Waals surface area contributed by atoms with Crippen molar-refractivity contribution < 1.29 is 22.3 Å². The summed E-state index contributed by atoms with van der Waals surface area (Å²) < 4.78 is 43.1. The van der Waals surface area contributed by atoms with Crippen molar-refractivity contribution in [2.75, 3.05) is 10.9 Å². The molecule has 0 saturated carbocycles. The highest BCUT2D eigenvalue weighted by molar-refractivity contribution is 7.74. The molecule has 0 aliphatic carbocycles. The maximum atomic E-state index is 14.3. The Morgan fingerprint density at radius 1 is 1.17 bits per heavy atom. The molecule has 0 unspecified atom stereocenters. The lowest BCUT2D eigenvalue weighted by atomic mass is 10.2. The van der Waals surface area contributed by atoms with Gasteiger partial charge in [-0.05, 0) is 44.2 Å². The molecule has 7 heteroatoms. The predicted octanol–water partition coefficient (Wildman–Crippen LogP) is 2.98. The van der Waals surface area contributed by atoms with Crippen molar-refractivity contribution in [2.45, 2.75) is 13.8 Å². The predicted molar refractivity (Wildman–Crippen MR) is 86.0 cm³/mol. The summed E-state index contributed by atoms with van der Waals surface area (Å²) in [6.45, 7) is 3.67. The normalized spacial score (nSPS) is 10.6. The van der Waals surface area contributed by atoms with Crippen molar-refractivity contribution in [3.63, 3.8) is 0 Å². The molecule has 0 saturated heterocycles. The first-order chi connectivity index (χ1) is 10.9. The minimum atomic E-state index is -3.10. The Labute approximate surface area is 135 Å². The lowest BCUT2D eigenvalue weighted by Crippen LogP contribution is -2.16. The summed E-state index contributed by atoms with van der Waals surface area (Å²) in [5.74, 6) is -1.48. The Morgan fingerprint density at radius 2 is 1.83 bits per heavy atom. The monoisotopic (exact) mass is 337 g/mol. The Morgan fingerprint density at radius 3 is 2.35 bits per heavy atom. The average molecular weight is 337 g/mol. The van der Waals surface area contributed by atoms with Crippen LogP contribution in [0.1, 0.15) is 22.8 Å². The lowest BCUT2D eigenvalue weighted by molar-refractivity contribution is 0.0526. The van der Waals surface area contributed by atoms with Gasteiger partial charge in [0.15, 0.2) is 0 Å².